The van der Waals surface area contributed by atoms with E-state index < -0.39 is 17.6 Å². The summed E-state index contributed by atoms with van der Waals surface area (Å²) < 4.78 is 24.2. The number of rotatable bonds is 5. The van der Waals surface area contributed by atoms with Crippen LogP contribution in [0.1, 0.15) is 12.5 Å². The second-order valence-electron chi connectivity index (χ2n) is 3.47. The zero-order valence-corrected chi connectivity index (χ0v) is 9.51. The average Bonchev–Trinajstić information content (AvgIpc) is 2.16. The second-order valence-corrected chi connectivity index (χ2v) is 4.53. The Morgan fingerprint density at radius 3 is 2.75 bits per heavy atom. The maximum atomic E-state index is 12.1. The number of halogens is 2. The number of benzene rings is 1. The van der Waals surface area contributed by atoms with Crippen molar-refractivity contribution in [1.29, 1.82) is 0 Å². The molecule has 0 heterocycles. The summed E-state index contributed by atoms with van der Waals surface area (Å²) in [4.78, 5) is 11.1. The predicted molar refractivity (Wildman–Crippen MR) is 58.8 cm³/mol. The van der Waals surface area contributed by atoms with E-state index in [0.29, 0.717) is 23.1 Å². The van der Waals surface area contributed by atoms with Crippen LogP contribution in [0.15, 0.2) is 29.2 Å². The molecule has 0 aliphatic heterocycles. The quantitative estimate of drug-likeness (QED) is 0.810. The van der Waals surface area contributed by atoms with Gasteiger partial charge in [-0.05, 0) is 24.1 Å². The van der Waals surface area contributed by atoms with Crippen molar-refractivity contribution < 1.29 is 18.7 Å². The van der Waals surface area contributed by atoms with Gasteiger partial charge in [-0.1, -0.05) is 30.8 Å². The highest BCUT2D eigenvalue weighted by Gasteiger charge is 2.12. The van der Waals surface area contributed by atoms with Crippen molar-refractivity contribution in [3.63, 3.8) is 0 Å². The van der Waals surface area contributed by atoms with Crippen LogP contribution in [0, 0.1) is 5.92 Å². The minimum Gasteiger partial charge on any atom is -0.481 e. The van der Waals surface area contributed by atoms with E-state index in [4.69, 9.17) is 5.11 Å². The Labute approximate surface area is 96.7 Å². The SMILES string of the molecule is CC(Cc1cccc(SC(F)F)c1)C(=O)O. The highest BCUT2D eigenvalue weighted by atomic mass is 32.2. The van der Waals surface area contributed by atoms with Gasteiger partial charge >= 0.3 is 5.97 Å². The molecule has 0 saturated heterocycles. The van der Waals surface area contributed by atoms with E-state index >= 15 is 0 Å². The summed E-state index contributed by atoms with van der Waals surface area (Å²) >= 11 is 0.467. The molecule has 1 unspecified atom stereocenters. The van der Waals surface area contributed by atoms with Crippen LogP contribution >= 0.6 is 11.8 Å². The van der Waals surface area contributed by atoms with Crippen LogP contribution in [0.5, 0.6) is 0 Å². The highest BCUT2D eigenvalue weighted by molar-refractivity contribution is 7.99. The van der Waals surface area contributed by atoms with Gasteiger partial charge in [-0.15, -0.1) is 0 Å². The smallest absolute Gasteiger partial charge is 0.306 e. The van der Waals surface area contributed by atoms with Gasteiger partial charge in [-0.2, -0.15) is 8.78 Å². The second kappa shape index (κ2) is 5.84. The Morgan fingerprint density at radius 1 is 1.50 bits per heavy atom. The topological polar surface area (TPSA) is 37.3 Å². The molecule has 1 aromatic carbocycles. The number of carbonyl (C=O) groups is 1. The lowest BCUT2D eigenvalue weighted by Crippen LogP contribution is -2.12. The normalized spacial score (nSPS) is 12.8. The molecule has 1 atom stereocenters. The largest absolute Gasteiger partial charge is 0.481 e. The van der Waals surface area contributed by atoms with Crippen LogP contribution in [0.3, 0.4) is 0 Å². The minimum atomic E-state index is -2.45. The molecule has 16 heavy (non-hydrogen) atoms. The van der Waals surface area contributed by atoms with Crippen LogP contribution in [-0.2, 0) is 11.2 Å². The van der Waals surface area contributed by atoms with E-state index in [0.717, 1.165) is 5.56 Å². The number of carboxylic acids is 1. The van der Waals surface area contributed by atoms with Gasteiger partial charge in [0, 0.05) is 4.90 Å². The van der Waals surface area contributed by atoms with Crippen LogP contribution < -0.4 is 0 Å². The van der Waals surface area contributed by atoms with Gasteiger partial charge in [-0.3, -0.25) is 4.79 Å². The summed E-state index contributed by atoms with van der Waals surface area (Å²) in [6.07, 6.45) is 0.354. The van der Waals surface area contributed by atoms with Gasteiger partial charge < -0.3 is 5.11 Å². The zero-order valence-electron chi connectivity index (χ0n) is 8.69. The first-order valence-electron chi connectivity index (χ1n) is 4.75. The molecule has 0 aliphatic carbocycles. The first-order valence-corrected chi connectivity index (χ1v) is 5.63. The fourth-order valence-electron chi connectivity index (χ4n) is 1.29. The Hall–Kier alpha value is -1.10. The number of thioether (sulfide) groups is 1. The lowest BCUT2D eigenvalue weighted by Gasteiger charge is -2.07. The summed E-state index contributed by atoms with van der Waals surface area (Å²) in [7, 11) is 0. The zero-order chi connectivity index (χ0) is 12.1. The Kier molecular flexibility index (Phi) is 4.73. The standard InChI is InChI=1S/C11H12F2O2S/c1-7(10(14)15)5-8-3-2-4-9(6-8)16-11(12)13/h2-4,6-7,11H,5H2,1H3,(H,14,15). The van der Waals surface area contributed by atoms with Gasteiger partial charge in [0.25, 0.3) is 5.76 Å². The summed E-state index contributed by atoms with van der Waals surface area (Å²) in [5.41, 5.74) is 0.764. The first-order chi connectivity index (χ1) is 7.49. The molecule has 0 amide bonds. The Balaban J connectivity index is 2.70. The van der Waals surface area contributed by atoms with E-state index in [1.54, 1.807) is 31.2 Å². The van der Waals surface area contributed by atoms with E-state index in [-0.39, 0.29) is 0 Å². The van der Waals surface area contributed by atoms with Gasteiger partial charge in [0.1, 0.15) is 0 Å². The highest BCUT2D eigenvalue weighted by Crippen LogP contribution is 2.26. The number of hydrogen-bond donors (Lipinski definition) is 1. The molecule has 0 aromatic heterocycles. The molecule has 0 aliphatic rings. The monoisotopic (exact) mass is 246 g/mol. The third-order valence-electron chi connectivity index (χ3n) is 2.09. The van der Waals surface area contributed by atoms with Gasteiger partial charge in [0.2, 0.25) is 0 Å². The van der Waals surface area contributed by atoms with Gasteiger partial charge in [0.05, 0.1) is 5.92 Å². The van der Waals surface area contributed by atoms with Crippen LogP contribution in [0.2, 0.25) is 0 Å². The van der Waals surface area contributed by atoms with Crippen molar-refractivity contribution in [2.75, 3.05) is 0 Å². The van der Waals surface area contributed by atoms with Crippen molar-refractivity contribution in [2.24, 2.45) is 5.92 Å². The van der Waals surface area contributed by atoms with Crippen LogP contribution in [-0.4, -0.2) is 16.8 Å². The fourth-order valence-corrected chi connectivity index (χ4v) is 1.87. The average molecular weight is 246 g/mol. The molecule has 1 N–H and O–H groups in total. The molecule has 0 radical (unpaired) electrons. The minimum absolute atomic E-state index is 0.354. The third kappa shape index (κ3) is 4.18. The molecule has 0 bridgehead atoms. The number of alkyl halides is 2. The van der Waals surface area contributed by atoms with Crippen LogP contribution in [0.4, 0.5) is 8.78 Å². The maximum Gasteiger partial charge on any atom is 0.306 e. The summed E-state index contributed by atoms with van der Waals surface area (Å²) in [6.45, 7) is 1.59. The molecular formula is C11H12F2O2S. The maximum absolute atomic E-state index is 12.1. The van der Waals surface area contributed by atoms with Crippen molar-refractivity contribution in [2.45, 2.75) is 24.0 Å². The molecular weight excluding hydrogens is 234 g/mol. The van der Waals surface area contributed by atoms with Crippen molar-refractivity contribution >= 4 is 17.7 Å². The molecule has 1 aromatic rings. The first kappa shape index (κ1) is 13.0. The van der Waals surface area contributed by atoms with Crippen molar-refractivity contribution in [3.05, 3.63) is 29.8 Å². The number of aliphatic carboxylic acids is 1. The van der Waals surface area contributed by atoms with E-state index in [2.05, 4.69) is 0 Å². The summed E-state index contributed by atoms with van der Waals surface area (Å²) in [6, 6.07) is 6.60. The van der Waals surface area contributed by atoms with Crippen molar-refractivity contribution in [3.8, 4) is 0 Å². The van der Waals surface area contributed by atoms with Gasteiger partial charge in [0.15, 0.2) is 0 Å². The lowest BCUT2D eigenvalue weighted by molar-refractivity contribution is -0.141. The molecule has 2 nitrogen and oxygen atoms in total. The van der Waals surface area contributed by atoms with Crippen molar-refractivity contribution in [1.82, 2.24) is 0 Å². The van der Waals surface area contributed by atoms with E-state index in [1.807, 2.05) is 0 Å². The molecule has 0 saturated carbocycles. The van der Waals surface area contributed by atoms with E-state index in [1.165, 1.54) is 0 Å². The summed E-state index contributed by atoms with van der Waals surface area (Å²) in [5, 5.41) is 8.73. The molecule has 88 valence electrons. The molecule has 1 rings (SSSR count). The lowest BCUT2D eigenvalue weighted by atomic mass is 10.0. The Bertz CT molecular complexity index is 369. The van der Waals surface area contributed by atoms with Crippen LogP contribution in [0.25, 0.3) is 0 Å². The predicted octanol–water partition coefficient (Wildman–Crippen LogP) is 3.26. The Morgan fingerprint density at radius 2 is 2.19 bits per heavy atom. The molecule has 0 fully saturated rings. The fraction of sp³-hybridized carbons (Fsp3) is 0.364. The molecule has 5 heteroatoms. The van der Waals surface area contributed by atoms with Gasteiger partial charge in [-0.25, -0.2) is 0 Å². The number of hydrogen-bond acceptors (Lipinski definition) is 2. The molecule has 0 spiro atoms. The summed E-state index contributed by atoms with van der Waals surface area (Å²) in [5.74, 6) is -3.84. The number of carboxylic acid groups (broad SMARTS) is 1. The third-order valence-corrected chi connectivity index (χ3v) is 2.79. The van der Waals surface area contributed by atoms with E-state index in [9.17, 15) is 13.6 Å².